The summed E-state index contributed by atoms with van der Waals surface area (Å²) in [5.74, 6) is 3.80. The van der Waals surface area contributed by atoms with E-state index in [1.54, 1.807) is 5.56 Å². The van der Waals surface area contributed by atoms with Crippen LogP contribution in [-0.4, -0.2) is 6.61 Å². The fourth-order valence-corrected chi connectivity index (χ4v) is 5.36. The van der Waals surface area contributed by atoms with Gasteiger partial charge in [0, 0.05) is 10.6 Å². The summed E-state index contributed by atoms with van der Waals surface area (Å²) >= 11 is 1.91. The zero-order chi connectivity index (χ0) is 21.0. The zero-order valence-corrected chi connectivity index (χ0v) is 19.9. The topological polar surface area (TPSA) is 9.23 Å². The molecule has 0 aliphatic heterocycles. The van der Waals surface area contributed by atoms with Crippen molar-refractivity contribution in [2.45, 2.75) is 94.6 Å². The molecular weight excluding hydrogens is 384 g/mol. The zero-order valence-electron chi connectivity index (χ0n) is 19.1. The second-order valence-electron chi connectivity index (χ2n) is 8.92. The Morgan fingerprint density at radius 1 is 0.800 bits per heavy atom. The van der Waals surface area contributed by atoms with Crippen molar-refractivity contribution < 1.29 is 4.74 Å². The average molecular weight is 425 g/mol. The molecule has 3 rings (SSSR count). The van der Waals surface area contributed by atoms with Crippen LogP contribution in [0.4, 0.5) is 0 Å². The maximum atomic E-state index is 5.81. The first-order chi connectivity index (χ1) is 14.8. The fourth-order valence-electron chi connectivity index (χ4n) is 4.50. The minimum Gasteiger partial charge on any atom is -0.494 e. The maximum Gasteiger partial charge on any atom is 0.119 e. The summed E-state index contributed by atoms with van der Waals surface area (Å²) in [6, 6.07) is 18.0. The lowest BCUT2D eigenvalue weighted by Gasteiger charge is -2.29. The Morgan fingerprint density at radius 3 is 2.17 bits per heavy atom. The predicted molar refractivity (Wildman–Crippen MR) is 132 cm³/mol. The van der Waals surface area contributed by atoms with Gasteiger partial charge in [0.05, 0.1) is 6.61 Å². The van der Waals surface area contributed by atoms with Crippen LogP contribution in [0.5, 0.6) is 5.75 Å². The maximum absolute atomic E-state index is 5.81. The van der Waals surface area contributed by atoms with Crippen molar-refractivity contribution in [3.63, 3.8) is 0 Å². The van der Waals surface area contributed by atoms with Crippen LogP contribution in [0.3, 0.4) is 0 Å². The molecule has 1 nitrogen and oxygen atoms in total. The monoisotopic (exact) mass is 424 g/mol. The second kappa shape index (κ2) is 13.1. The third-order valence-electron chi connectivity index (χ3n) is 6.51. The molecule has 30 heavy (non-hydrogen) atoms. The van der Waals surface area contributed by atoms with E-state index >= 15 is 0 Å². The number of hydrogen-bond acceptors (Lipinski definition) is 2. The van der Waals surface area contributed by atoms with Crippen LogP contribution in [0.2, 0.25) is 0 Å². The Kier molecular flexibility index (Phi) is 10.2. The van der Waals surface area contributed by atoms with Crippen molar-refractivity contribution in [3.8, 4) is 5.75 Å². The lowest BCUT2D eigenvalue weighted by molar-refractivity contribution is 0.304. The van der Waals surface area contributed by atoms with Crippen molar-refractivity contribution in [2.24, 2.45) is 5.92 Å². The lowest BCUT2D eigenvalue weighted by atomic mass is 9.77. The quantitative estimate of drug-likeness (QED) is 0.248. The normalized spacial score (nSPS) is 19.0. The highest BCUT2D eigenvalue weighted by molar-refractivity contribution is 7.98. The Balaban J connectivity index is 1.40. The van der Waals surface area contributed by atoms with E-state index < -0.39 is 0 Å². The number of ether oxygens (including phenoxy) is 1. The van der Waals surface area contributed by atoms with Crippen LogP contribution < -0.4 is 4.74 Å². The van der Waals surface area contributed by atoms with Gasteiger partial charge in [-0.1, -0.05) is 70.2 Å². The first kappa shape index (κ1) is 23.3. The van der Waals surface area contributed by atoms with Gasteiger partial charge >= 0.3 is 0 Å². The SMILES string of the molecule is CCCCCOc1ccc(SCc2ccc(C3CCC(CCCC)CC3)cc2)cc1. The van der Waals surface area contributed by atoms with Crippen LogP contribution in [0.1, 0.15) is 95.1 Å². The van der Waals surface area contributed by atoms with Crippen LogP contribution in [0.15, 0.2) is 53.4 Å². The van der Waals surface area contributed by atoms with E-state index in [-0.39, 0.29) is 0 Å². The molecule has 2 aromatic rings. The molecule has 1 fully saturated rings. The molecule has 0 N–H and O–H groups in total. The van der Waals surface area contributed by atoms with E-state index in [0.717, 1.165) is 36.4 Å². The van der Waals surface area contributed by atoms with Crippen molar-refractivity contribution in [3.05, 3.63) is 59.7 Å². The predicted octanol–water partition coefficient (Wildman–Crippen LogP) is 9.01. The van der Waals surface area contributed by atoms with Gasteiger partial charge in [-0.3, -0.25) is 0 Å². The molecule has 0 aromatic heterocycles. The third-order valence-corrected chi connectivity index (χ3v) is 7.59. The highest BCUT2D eigenvalue weighted by Gasteiger charge is 2.21. The van der Waals surface area contributed by atoms with Crippen LogP contribution >= 0.6 is 11.8 Å². The molecule has 0 unspecified atom stereocenters. The summed E-state index contributed by atoms with van der Waals surface area (Å²) in [7, 11) is 0. The molecule has 1 aliphatic carbocycles. The number of unbranched alkanes of at least 4 members (excludes halogenated alkanes) is 3. The van der Waals surface area contributed by atoms with Crippen LogP contribution in [0, 0.1) is 5.92 Å². The van der Waals surface area contributed by atoms with Gasteiger partial charge in [-0.05, 0) is 79.3 Å². The van der Waals surface area contributed by atoms with Crippen molar-refractivity contribution in [2.75, 3.05) is 6.61 Å². The van der Waals surface area contributed by atoms with Gasteiger partial charge in [0.15, 0.2) is 0 Å². The fraction of sp³-hybridized carbons (Fsp3) is 0.571. The Hall–Kier alpha value is -1.41. The van der Waals surface area contributed by atoms with Gasteiger partial charge < -0.3 is 4.74 Å². The minimum absolute atomic E-state index is 0.787. The molecule has 0 saturated heterocycles. The van der Waals surface area contributed by atoms with Crippen molar-refractivity contribution in [1.82, 2.24) is 0 Å². The molecule has 2 aromatic carbocycles. The van der Waals surface area contributed by atoms with E-state index in [1.165, 1.54) is 68.2 Å². The Bertz CT molecular complexity index is 698. The summed E-state index contributed by atoms with van der Waals surface area (Å²) in [5.41, 5.74) is 2.97. The number of rotatable bonds is 12. The highest BCUT2D eigenvalue weighted by Crippen LogP contribution is 2.38. The third kappa shape index (κ3) is 7.69. The number of hydrogen-bond donors (Lipinski definition) is 0. The van der Waals surface area contributed by atoms with E-state index in [9.17, 15) is 0 Å². The van der Waals surface area contributed by atoms with Crippen molar-refractivity contribution >= 4 is 11.8 Å². The molecule has 0 bridgehead atoms. The van der Waals surface area contributed by atoms with Crippen LogP contribution in [0.25, 0.3) is 0 Å². The standard InChI is InChI=1S/C28H40OS/c1-3-5-7-21-29-27-17-19-28(20-18-27)30-22-24-11-15-26(16-12-24)25-13-9-23(10-14-25)8-6-4-2/h11-12,15-20,23,25H,3-10,13-14,21-22H2,1-2H3. The minimum atomic E-state index is 0.787. The summed E-state index contributed by atoms with van der Waals surface area (Å²) in [4.78, 5) is 1.31. The van der Waals surface area contributed by atoms with E-state index in [4.69, 9.17) is 4.74 Å². The van der Waals surface area contributed by atoms with Gasteiger partial charge in [-0.25, -0.2) is 0 Å². The molecule has 1 saturated carbocycles. The highest BCUT2D eigenvalue weighted by atomic mass is 32.2. The largest absolute Gasteiger partial charge is 0.494 e. The second-order valence-corrected chi connectivity index (χ2v) is 9.97. The van der Waals surface area contributed by atoms with Crippen LogP contribution in [-0.2, 0) is 5.75 Å². The van der Waals surface area contributed by atoms with E-state index in [1.807, 2.05) is 11.8 Å². The number of thioether (sulfide) groups is 1. The molecule has 164 valence electrons. The summed E-state index contributed by atoms with van der Waals surface area (Å²) < 4.78 is 5.81. The van der Waals surface area contributed by atoms with E-state index in [0.29, 0.717) is 0 Å². The Morgan fingerprint density at radius 2 is 1.50 bits per heavy atom. The first-order valence-electron chi connectivity index (χ1n) is 12.2. The molecule has 1 aliphatic rings. The molecule has 0 amide bonds. The molecule has 0 atom stereocenters. The molecular formula is C28H40OS. The van der Waals surface area contributed by atoms with E-state index in [2.05, 4.69) is 62.4 Å². The summed E-state index contributed by atoms with van der Waals surface area (Å²) in [5, 5.41) is 0. The van der Waals surface area contributed by atoms with Gasteiger partial charge in [-0.15, -0.1) is 11.8 Å². The Labute approximate surface area is 189 Å². The van der Waals surface area contributed by atoms with Crippen molar-refractivity contribution in [1.29, 1.82) is 0 Å². The van der Waals surface area contributed by atoms with Gasteiger partial charge in [0.1, 0.15) is 5.75 Å². The molecule has 0 heterocycles. The first-order valence-corrected chi connectivity index (χ1v) is 13.2. The molecule has 2 heteroatoms. The average Bonchev–Trinajstić information content (AvgIpc) is 2.81. The summed E-state index contributed by atoms with van der Waals surface area (Å²) in [6.07, 6.45) is 13.5. The molecule has 0 radical (unpaired) electrons. The summed E-state index contributed by atoms with van der Waals surface area (Å²) in [6.45, 7) is 5.36. The van der Waals surface area contributed by atoms with Gasteiger partial charge in [-0.2, -0.15) is 0 Å². The smallest absolute Gasteiger partial charge is 0.119 e. The molecule has 0 spiro atoms. The number of benzene rings is 2. The van der Waals surface area contributed by atoms with Gasteiger partial charge in [0.25, 0.3) is 0 Å². The lowest BCUT2D eigenvalue weighted by Crippen LogP contribution is -2.13. The van der Waals surface area contributed by atoms with Gasteiger partial charge in [0.2, 0.25) is 0 Å².